The molecule has 1 aromatic heterocycles. The fraction of sp³-hybridized carbons (Fsp3) is 0.645. The Morgan fingerprint density at radius 3 is 2.32 bits per heavy atom. The van der Waals surface area contributed by atoms with E-state index in [2.05, 4.69) is 22.0 Å². The normalized spacial score (nSPS) is 27.5. The van der Waals surface area contributed by atoms with E-state index in [1.807, 2.05) is 18.2 Å². The lowest BCUT2D eigenvalue weighted by Crippen LogP contribution is -2.58. The number of carbonyl (C=O) groups excluding carboxylic acids is 1. The molecule has 0 radical (unpaired) electrons. The van der Waals surface area contributed by atoms with Gasteiger partial charge in [-0.15, -0.1) is 0 Å². The number of oxime groups is 1. The first-order valence-electron chi connectivity index (χ1n) is 15.2. The molecule has 1 aliphatic carbocycles. The van der Waals surface area contributed by atoms with Gasteiger partial charge < -0.3 is 20.2 Å². The van der Waals surface area contributed by atoms with Crippen molar-refractivity contribution in [1.82, 2.24) is 14.5 Å². The molecule has 2 bridgehead atoms. The number of aliphatic carboxylic acids is 1. The molecule has 10 nitrogen and oxygen atoms in total. The summed E-state index contributed by atoms with van der Waals surface area (Å²) >= 11 is 0. The van der Waals surface area contributed by atoms with Crippen LogP contribution in [0.4, 0.5) is 0 Å². The van der Waals surface area contributed by atoms with Crippen molar-refractivity contribution in [2.24, 2.45) is 16.8 Å². The number of hydrogen-bond acceptors (Lipinski definition) is 7. The zero-order valence-corrected chi connectivity index (χ0v) is 24.4. The van der Waals surface area contributed by atoms with E-state index >= 15 is 0 Å². The molecule has 3 fully saturated rings. The van der Waals surface area contributed by atoms with Crippen molar-refractivity contribution in [2.75, 3.05) is 0 Å². The number of para-hydroxylation sites is 2. The molecule has 1 aromatic carbocycles. The first-order chi connectivity index (χ1) is 19.6. The first kappa shape index (κ1) is 29.2. The van der Waals surface area contributed by atoms with Gasteiger partial charge in [0, 0.05) is 24.2 Å². The zero-order valence-electron chi connectivity index (χ0n) is 24.4. The summed E-state index contributed by atoms with van der Waals surface area (Å²) in [6.45, 7) is 4.88. The monoisotopic (exact) mass is 565 g/mol. The molecule has 10 heteroatoms. The number of carboxylic acids is 1. The van der Waals surface area contributed by atoms with Crippen molar-refractivity contribution >= 4 is 28.6 Å². The molecular weight excluding hydrogens is 522 g/mol. The number of carbonyl (C=O) groups is 2. The second-order valence-corrected chi connectivity index (χ2v) is 12.6. The van der Waals surface area contributed by atoms with Crippen molar-refractivity contribution in [3.05, 3.63) is 40.3 Å². The van der Waals surface area contributed by atoms with E-state index in [1.165, 1.54) is 58.8 Å². The molecule has 1 saturated carbocycles. The van der Waals surface area contributed by atoms with Gasteiger partial charge in [0.05, 0.1) is 11.0 Å². The third-order valence-electron chi connectivity index (χ3n) is 9.38. The quantitative estimate of drug-likeness (QED) is 0.340. The molecule has 1 amide bonds. The molecular formula is C31H43N5O5. The van der Waals surface area contributed by atoms with Gasteiger partial charge in [-0.05, 0) is 70.4 Å². The van der Waals surface area contributed by atoms with Gasteiger partial charge in [-0.25, -0.2) is 9.78 Å². The maximum atomic E-state index is 14.1. The van der Waals surface area contributed by atoms with Gasteiger partial charge in [-0.1, -0.05) is 56.3 Å². The van der Waals surface area contributed by atoms with E-state index in [0.717, 1.165) is 31.6 Å². The van der Waals surface area contributed by atoms with E-state index in [0.29, 0.717) is 29.2 Å². The SMILES string of the molecule is CCCC1CCC[C@H](N2[C@@H]3CCC[C@H]2C[C@@H](n2c(=O)c(/C(=N/OC(C)(C)C(=O)O)C(N)=O)nc4ccccc42)C3)C1. The minimum Gasteiger partial charge on any atom is -0.478 e. The summed E-state index contributed by atoms with van der Waals surface area (Å²) < 4.78 is 1.78. The van der Waals surface area contributed by atoms with Crippen LogP contribution >= 0.6 is 0 Å². The topological polar surface area (TPSA) is 140 Å². The number of nitrogens with two attached hydrogens (primary N) is 1. The second kappa shape index (κ2) is 11.9. The number of carboxylic acid groups (broad SMARTS) is 1. The minimum absolute atomic E-state index is 0.0683. The van der Waals surface area contributed by atoms with Gasteiger partial charge in [0.15, 0.2) is 11.4 Å². The lowest BCUT2D eigenvalue weighted by molar-refractivity contribution is -0.161. The van der Waals surface area contributed by atoms with E-state index in [-0.39, 0.29) is 11.7 Å². The highest BCUT2D eigenvalue weighted by molar-refractivity contribution is 6.44. The molecule has 2 aromatic rings. The summed E-state index contributed by atoms with van der Waals surface area (Å²) in [4.78, 5) is 50.6. The Balaban J connectivity index is 1.52. The largest absolute Gasteiger partial charge is 0.478 e. The third kappa shape index (κ3) is 5.89. The van der Waals surface area contributed by atoms with Crippen LogP contribution in [0.1, 0.15) is 103 Å². The number of aromatic nitrogens is 2. The van der Waals surface area contributed by atoms with Crippen LogP contribution in [-0.4, -0.2) is 60.9 Å². The molecule has 0 spiro atoms. The fourth-order valence-electron chi connectivity index (χ4n) is 7.47. The average molecular weight is 566 g/mol. The number of primary amides is 1. The van der Waals surface area contributed by atoms with E-state index in [4.69, 9.17) is 10.6 Å². The molecule has 2 saturated heterocycles. The van der Waals surface area contributed by atoms with Crippen LogP contribution in [0.2, 0.25) is 0 Å². The van der Waals surface area contributed by atoms with Crippen molar-refractivity contribution in [1.29, 1.82) is 0 Å². The molecule has 5 atom stereocenters. The van der Waals surface area contributed by atoms with Gasteiger partial charge in [0.1, 0.15) is 0 Å². The maximum absolute atomic E-state index is 14.1. The third-order valence-corrected chi connectivity index (χ3v) is 9.38. The van der Waals surface area contributed by atoms with Gasteiger partial charge >= 0.3 is 5.97 Å². The summed E-state index contributed by atoms with van der Waals surface area (Å²) in [6, 6.07) is 8.74. The average Bonchev–Trinajstić information content (AvgIpc) is 2.93. The first-order valence-corrected chi connectivity index (χ1v) is 15.2. The van der Waals surface area contributed by atoms with E-state index in [1.54, 1.807) is 10.6 Å². The molecule has 1 unspecified atom stereocenters. The standard InChI is InChI=1S/C31H43N5O5/c1-4-9-19-10-7-11-20(16-19)35-21-12-8-13-22(35)18-23(17-21)36-25-15-6-5-14-24(25)33-27(29(36)38)26(28(32)37)34-41-31(2,3)30(39)40/h5-6,14-15,19-23H,4,7-13,16-18H2,1-3H3,(H2,32,37)(H,39,40)/b34-26-/t19?,20-,21-,22+,23+/m0/s1. The van der Waals surface area contributed by atoms with Crippen LogP contribution in [0.3, 0.4) is 0 Å². The van der Waals surface area contributed by atoms with Gasteiger partial charge in [0.2, 0.25) is 5.60 Å². The highest BCUT2D eigenvalue weighted by atomic mass is 16.7. The Labute approximate surface area is 240 Å². The van der Waals surface area contributed by atoms with Crippen LogP contribution in [0, 0.1) is 5.92 Å². The van der Waals surface area contributed by atoms with Crippen LogP contribution in [0.15, 0.2) is 34.2 Å². The second-order valence-electron chi connectivity index (χ2n) is 12.6. The molecule has 2 aliphatic heterocycles. The van der Waals surface area contributed by atoms with Crippen molar-refractivity contribution in [2.45, 2.75) is 121 Å². The van der Waals surface area contributed by atoms with Crippen LogP contribution in [0.5, 0.6) is 0 Å². The summed E-state index contributed by atoms with van der Waals surface area (Å²) in [5, 5.41) is 13.2. The summed E-state index contributed by atoms with van der Waals surface area (Å²) in [6.07, 6.45) is 12.9. The van der Waals surface area contributed by atoms with E-state index < -0.39 is 28.7 Å². The maximum Gasteiger partial charge on any atom is 0.350 e. The van der Waals surface area contributed by atoms with E-state index in [9.17, 15) is 19.5 Å². The summed E-state index contributed by atoms with van der Waals surface area (Å²) in [7, 11) is 0. The predicted octanol–water partition coefficient (Wildman–Crippen LogP) is 4.38. The van der Waals surface area contributed by atoms with Gasteiger partial charge in [0.25, 0.3) is 11.5 Å². The van der Waals surface area contributed by atoms with Gasteiger partial charge in [-0.3, -0.25) is 14.5 Å². The Bertz CT molecular complexity index is 1370. The number of rotatable bonds is 9. The number of hydrogen-bond donors (Lipinski definition) is 2. The fourth-order valence-corrected chi connectivity index (χ4v) is 7.47. The highest BCUT2D eigenvalue weighted by Gasteiger charge is 2.44. The zero-order chi connectivity index (χ0) is 29.3. The molecule has 41 heavy (non-hydrogen) atoms. The molecule has 3 aliphatic rings. The Morgan fingerprint density at radius 1 is 1.05 bits per heavy atom. The van der Waals surface area contributed by atoms with Crippen LogP contribution in [0.25, 0.3) is 11.0 Å². The van der Waals surface area contributed by atoms with Crippen molar-refractivity contribution < 1.29 is 19.5 Å². The molecule has 222 valence electrons. The number of nitrogens with zero attached hydrogens (tertiary/aromatic N) is 4. The minimum atomic E-state index is -1.73. The summed E-state index contributed by atoms with van der Waals surface area (Å²) in [5.41, 5.74) is 3.98. The van der Waals surface area contributed by atoms with Crippen LogP contribution < -0.4 is 11.3 Å². The molecule has 3 heterocycles. The number of benzene rings is 1. The number of fused-ring (bicyclic) bond motifs is 3. The Kier molecular flexibility index (Phi) is 8.50. The van der Waals surface area contributed by atoms with Crippen LogP contribution in [-0.2, 0) is 14.4 Å². The summed E-state index contributed by atoms with van der Waals surface area (Å²) in [5.74, 6) is -1.47. The smallest absolute Gasteiger partial charge is 0.350 e. The molecule has 5 rings (SSSR count). The Hall–Kier alpha value is -3.27. The van der Waals surface area contributed by atoms with Gasteiger partial charge in [-0.2, -0.15) is 0 Å². The predicted molar refractivity (Wildman–Crippen MR) is 157 cm³/mol. The van der Waals surface area contributed by atoms with Crippen molar-refractivity contribution in [3.63, 3.8) is 0 Å². The lowest BCUT2D eigenvalue weighted by Gasteiger charge is -2.54. The molecule has 3 N–H and O–H groups in total. The number of amides is 1. The Morgan fingerprint density at radius 2 is 1.68 bits per heavy atom. The highest BCUT2D eigenvalue weighted by Crippen LogP contribution is 2.44. The number of piperidine rings is 2. The van der Waals surface area contributed by atoms with Crippen molar-refractivity contribution in [3.8, 4) is 0 Å². The lowest BCUT2D eigenvalue weighted by atomic mass is 9.76.